The van der Waals surface area contributed by atoms with Gasteiger partial charge < -0.3 is 10.3 Å². The number of nitrogens with one attached hydrogen (secondary N) is 2. The van der Waals surface area contributed by atoms with Crippen LogP contribution in [0.2, 0.25) is 0 Å². The lowest BCUT2D eigenvalue weighted by Crippen LogP contribution is -2.37. The number of fused-ring (bicyclic) bond motifs is 1. The summed E-state index contributed by atoms with van der Waals surface area (Å²) >= 11 is 0. The number of Topliss-reactive ketones (excluding diaryl/α,β-unsaturated/α-hetero) is 1. The molecule has 0 aliphatic heterocycles. The fraction of sp³-hybridized carbons (Fsp3) is 0.250. The van der Waals surface area contributed by atoms with Gasteiger partial charge in [-0.05, 0) is 44.0 Å². The molecule has 2 heterocycles. The van der Waals surface area contributed by atoms with Crippen molar-refractivity contribution in [3.05, 3.63) is 77.4 Å². The van der Waals surface area contributed by atoms with Crippen LogP contribution in [0.3, 0.4) is 0 Å². The molecule has 0 aliphatic rings. The number of rotatable bonds is 6. The highest BCUT2D eigenvalue weighted by atomic mass is 16.2. The lowest BCUT2D eigenvalue weighted by atomic mass is 10.0. The number of para-hydroxylation sites is 3. The van der Waals surface area contributed by atoms with Gasteiger partial charge in [0.05, 0.1) is 39.7 Å². The zero-order valence-corrected chi connectivity index (χ0v) is 18.0. The number of H-pyrrole nitrogens is 1. The second kappa shape index (κ2) is 8.18. The van der Waals surface area contributed by atoms with Crippen LogP contribution in [0.4, 0.5) is 0 Å². The lowest BCUT2D eigenvalue weighted by molar-refractivity contribution is -0.118. The van der Waals surface area contributed by atoms with Gasteiger partial charge in [-0.1, -0.05) is 44.2 Å². The molecular weight excluding hydrogens is 390 g/mol. The summed E-state index contributed by atoms with van der Waals surface area (Å²) in [5.41, 5.74) is 4.03. The highest BCUT2D eigenvalue weighted by Gasteiger charge is 2.29. The van der Waals surface area contributed by atoms with Crippen molar-refractivity contribution in [3.63, 3.8) is 0 Å². The normalized spacial score (nSPS) is 12.3. The van der Waals surface area contributed by atoms with Gasteiger partial charge in [-0.25, -0.2) is 9.67 Å². The van der Waals surface area contributed by atoms with Crippen molar-refractivity contribution in [2.24, 2.45) is 5.92 Å². The highest BCUT2D eigenvalue weighted by Crippen LogP contribution is 2.23. The Morgan fingerprint density at radius 1 is 1.00 bits per heavy atom. The summed E-state index contributed by atoms with van der Waals surface area (Å²) in [5, 5.41) is 7.36. The maximum Gasteiger partial charge on any atom is 0.293 e. The summed E-state index contributed by atoms with van der Waals surface area (Å²) in [7, 11) is 0. The van der Waals surface area contributed by atoms with E-state index in [9.17, 15) is 9.59 Å². The molecule has 7 nitrogen and oxygen atoms in total. The third-order valence-electron chi connectivity index (χ3n) is 5.38. The van der Waals surface area contributed by atoms with Gasteiger partial charge in [0, 0.05) is 0 Å². The molecule has 7 heteroatoms. The topological polar surface area (TPSA) is 92.7 Å². The Morgan fingerprint density at radius 3 is 2.35 bits per heavy atom. The quantitative estimate of drug-likeness (QED) is 0.367. The summed E-state index contributed by atoms with van der Waals surface area (Å²) in [6, 6.07) is 16.8. The largest absolute Gasteiger partial charge is 0.340 e. The van der Waals surface area contributed by atoms with Crippen LogP contribution in [0, 0.1) is 19.8 Å². The number of aromatic nitrogens is 4. The summed E-state index contributed by atoms with van der Waals surface area (Å²) in [6.45, 7) is 7.50. The van der Waals surface area contributed by atoms with Crippen LogP contribution in [0.1, 0.15) is 47.5 Å². The van der Waals surface area contributed by atoms with Gasteiger partial charge in [-0.2, -0.15) is 5.10 Å². The summed E-state index contributed by atoms with van der Waals surface area (Å²) in [6.07, 6.45) is 0. The third-order valence-corrected chi connectivity index (χ3v) is 5.38. The standard InChI is InChI=1S/C24H25N5O2/c1-14(2)21(23-25-18-12-8-9-13-19(18)26-23)27-24(31)22(30)20-15(3)28-29(16(20)4)17-10-6-5-7-11-17/h5-14,21H,1-4H3,(H,25,26)(H,27,31). The average Bonchev–Trinajstić information content (AvgIpc) is 3.32. The van der Waals surface area contributed by atoms with Crippen LogP contribution in [0.25, 0.3) is 16.7 Å². The number of aromatic amines is 1. The van der Waals surface area contributed by atoms with Crippen molar-refractivity contribution in [3.8, 4) is 5.69 Å². The summed E-state index contributed by atoms with van der Waals surface area (Å²) in [5.74, 6) is -0.603. The van der Waals surface area contributed by atoms with Gasteiger partial charge in [0.1, 0.15) is 5.82 Å². The molecule has 0 aliphatic carbocycles. The second-order valence-corrected chi connectivity index (χ2v) is 7.96. The number of carbonyl (C=O) groups is 2. The molecule has 2 aromatic carbocycles. The molecule has 31 heavy (non-hydrogen) atoms. The minimum Gasteiger partial charge on any atom is -0.340 e. The minimum atomic E-state index is -0.669. The molecule has 1 atom stereocenters. The van der Waals surface area contributed by atoms with Crippen molar-refractivity contribution in [1.82, 2.24) is 25.1 Å². The average molecular weight is 415 g/mol. The molecule has 2 aromatic heterocycles. The van der Waals surface area contributed by atoms with E-state index >= 15 is 0 Å². The SMILES string of the molecule is Cc1nn(-c2ccccc2)c(C)c1C(=O)C(=O)NC(c1nc2ccccc2[nH]1)C(C)C. The maximum absolute atomic E-state index is 13.1. The number of hydrogen-bond acceptors (Lipinski definition) is 4. The number of carbonyl (C=O) groups excluding carboxylic acids is 2. The molecular formula is C24H25N5O2. The molecule has 0 saturated carbocycles. The fourth-order valence-electron chi connectivity index (χ4n) is 3.78. The number of amides is 1. The van der Waals surface area contributed by atoms with Gasteiger partial charge in [0.2, 0.25) is 0 Å². The van der Waals surface area contributed by atoms with E-state index < -0.39 is 17.7 Å². The zero-order chi connectivity index (χ0) is 22.1. The predicted octanol–water partition coefficient (Wildman–Crippen LogP) is 4.06. The Hall–Kier alpha value is -3.74. The Morgan fingerprint density at radius 2 is 1.68 bits per heavy atom. The molecule has 1 amide bonds. The minimum absolute atomic E-state index is 0.0338. The van der Waals surface area contributed by atoms with E-state index in [1.165, 1.54) is 0 Å². The third kappa shape index (κ3) is 3.86. The number of benzene rings is 2. The van der Waals surface area contributed by atoms with Crippen molar-refractivity contribution in [2.45, 2.75) is 33.7 Å². The van der Waals surface area contributed by atoms with Crippen LogP contribution < -0.4 is 5.32 Å². The number of aryl methyl sites for hydroxylation is 1. The first-order valence-electron chi connectivity index (χ1n) is 10.3. The molecule has 0 saturated heterocycles. The molecule has 0 fully saturated rings. The van der Waals surface area contributed by atoms with Crippen LogP contribution in [-0.4, -0.2) is 31.4 Å². The lowest BCUT2D eigenvalue weighted by Gasteiger charge is -2.20. The number of hydrogen-bond donors (Lipinski definition) is 2. The monoisotopic (exact) mass is 415 g/mol. The molecule has 0 spiro atoms. The summed E-state index contributed by atoms with van der Waals surface area (Å²) < 4.78 is 1.69. The molecule has 4 aromatic rings. The van der Waals surface area contributed by atoms with Crippen LogP contribution in [-0.2, 0) is 4.79 Å². The summed E-state index contributed by atoms with van der Waals surface area (Å²) in [4.78, 5) is 33.9. The molecule has 0 radical (unpaired) electrons. The Balaban J connectivity index is 1.61. The van der Waals surface area contributed by atoms with Crippen molar-refractivity contribution in [1.29, 1.82) is 0 Å². The van der Waals surface area contributed by atoms with E-state index in [1.807, 2.05) is 68.4 Å². The van der Waals surface area contributed by atoms with E-state index in [0.29, 0.717) is 22.8 Å². The van der Waals surface area contributed by atoms with E-state index in [4.69, 9.17) is 0 Å². The van der Waals surface area contributed by atoms with Crippen molar-refractivity contribution >= 4 is 22.7 Å². The van der Waals surface area contributed by atoms with Gasteiger partial charge >= 0.3 is 0 Å². The van der Waals surface area contributed by atoms with Crippen LogP contribution >= 0.6 is 0 Å². The van der Waals surface area contributed by atoms with E-state index in [-0.39, 0.29) is 5.92 Å². The highest BCUT2D eigenvalue weighted by molar-refractivity contribution is 6.43. The van der Waals surface area contributed by atoms with E-state index in [2.05, 4.69) is 20.4 Å². The second-order valence-electron chi connectivity index (χ2n) is 7.96. The van der Waals surface area contributed by atoms with Gasteiger partial charge in [0.25, 0.3) is 11.7 Å². The molecule has 158 valence electrons. The Bertz CT molecular complexity index is 1220. The molecule has 4 rings (SSSR count). The van der Waals surface area contributed by atoms with Gasteiger partial charge in [-0.3, -0.25) is 9.59 Å². The van der Waals surface area contributed by atoms with Gasteiger partial charge in [-0.15, -0.1) is 0 Å². The Labute approximate surface area is 180 Å². The number of nitrogens with zero attached hydrogens (tertiary/aromatic N) is 3. The Kier molecular flexibility index (Phi) is 5.42. The van der Waals surface area contributed by atoms with Crippen LogP contribution in [0.5, 0.6) is 0 Å². The first-order chi connectivity index (χ1) is 14.9. The first-order valence-corrected chi connectivity index (χ1v) is 10.3. The van der Waals surface area contributed by atoms with Crippen molar-refractivity contribution in [2.75, 3.05) is 0 Å². The van der Waals surface area contributed by atoms with E-state index in [1.54, 1.807) is 18.5 Å². The van der Waals surface area contributed by atoms with Crippen LogP contribution in [0.15, 0.2) is 54.6 Å². The fourth-order valence-corrected chi connectivity index (χ4v) is 3.78. The maximum atomic E-state index is 13.1. The molecule has 0 bridgehead atoms. The molecule has 2 N–H and O–H groups in total. The predicted molar refractivity (Wildman–Crippen MR) is 119 cm³/mol. The first kappa shape index (κ1) is 20.5. The molecule has 1 unspecified atom stereocenters. The van der Waals surface area contributed by atoms with Gasteiger partial charge in [0.15, 0.2) is 0 Å². The smallest absolute Gasteiger partial charge is 0.293 e. The number of imidazole rings is 1. The van der Waals surface area contributed by atoms with Crippen molar-refractivity contribution < 1.29 is 9.59 Å². The zero-order valence-electron chi connectivity index (χ0n) is 18.0. The van der Waals surface area contributed by atoms with E-state index in [0.717, 1.165) is 16.7 Å². The number of ketones is 1.